The highest BCUT2D eigenvalue weighted by Crippen LogP contribution is 2.23. The summed E-state index contributed by atoms with van der Waals surface area (Å²) in [6.45, 7) is 3.71. The molecule has 1 fully saturated rings. The summed E-state index contributed by atoms with van der Waals surface area (Å²) in [7, 11) is 1.22. The Morgan fingerprint density at radius 3 is 2.53 bits per heavy atom. The Balaban J connectivity index is 2.87. The SMILES string of the molecule is COC(=O)N1C(C(=O)O)COC1C(C)C. The average Bonchev–Trinajstić information content (AvgIpc) is 2.60. The summed E-state index contributed by atoms with van der Waals surface area (Å²) in [5.41, 5.74) is 0. The quantitative estimate of drug-likeness (QED) is 0.729. The highest BCUT2D eigenvalue weighted by molar-refractivity contribution is 5.80. The van der Waals surface area contributed by atoms with Crippen molar-refractivity contribution in [3.05, 3.63) is 0 Å². The van der Waals surface area contributed by atoms with Crippen molar-refractivity contribution < 1.29 is 24.2 Å². The average molecular weight is 217 g/mol. The summed E-state index contributed by atoms with van der Waals surface area (Å²) >= 11 is 0. The van der Waals surface area contributed by atoms with Gasteiger partial charge < -0.3 is 14.6 Å². The molecule has 0 spiro atoms. The molecule has 0 aromatic heterocycles. The normalized spacial score (nSPS) is 25.7. The van der Waals surface area contributed by atoms with E-state index in [1.165, 1.54) is 7.11 Å². The van der Waals surface area contributed by atoms with Crippen LogP contribution in [0.2, 0.25) is 0 Å². The van der Waals surface area contributed by atoms with Crippen molar-refractivity contribution in [2.75, 3.05) is 13.7 Å². The molecule has 15 heavy (non-hydrogen) atoms. The predicted molar refractivity (Wildman–Crippen MR) is 50.2 cm³/mol. The summed E-state index contributed by atoms with van der Waals surface area (Å²) in [6.07, 6.45) is -1.20. The third-order valence-electron chi connectivity index (χ3n) is 2.28. The van der Waals surface area contributed by atoms with Crippen LogP contribution in [0.4, 0.5) is 4.79 Å². The van der Waals surface area contributed by atoms with E-state index in [0.717, 1.165) is 4.90 Å². The van der Waals surface area contributed by atoms with Crippen LogP contribution in [-0.4, -0.2) is 48.1 Å². The largest absolute Gasteiger partial charge is 0.480 e. The standard InChI is InChI=1S/C9H15NO5/c1-5(2)7-10(9(13)14-3)6(4-15-7)8(11)12/h5-7H,4H2,1-3H3,(H,11,12). The Labute approximate surface area is 87.8 Å². The molecular formula is C9H15NO5. The molecule has 0 aromatic rings. The van der Waals surface area contributed by atoms with Gasteiger partial charge in [-0.05, 0) is 5.92 Å². The zero-order valence-electron chi connectivity index (χ0n) is 8.97. The van der Waals surface area contributed by atoms with E-state index >= 15 is 0 Å². The van der Waals surface area contributed by atoms with Crippen LogP contribution < -0.4 is 0 Å². The maximum absolute atomic E-state index is 11.4. The minimum atomic E-state index is -1.08. The number of amides is 1. The van der Waals surface area contributed by atoms with Gasteiger partial charge in [0.05, 0.1) is 13.7 Å². The third-order valence-corrected chi connectivity index (χ3v) is 2.28. The maximum atomic E-state index is 11.4. The number of carboxylic acids is 1. The molecular weight excluding hydrogens is 202 g/mol. The van der Waals surface area contributed by atoms with E-state index in [2.05, 4.69) is 4.74 Å². The van der Waals surface area contributed by atoms with Gasteiger partial charge in [-0.3, -0.25) is 4.90 Å². The summed E-state index contributed by atoms with van der Waals surface area (Å²) in [5, 5.41) is 8.90. The lowest BCUT2D eigenvalue weighted by molar-refractivity contribution is -0.141. The van der Waals surface area contributed by atoms with Crippen LogP contribution in [-0.2, 0) is 14.3 Å². The second-order valence-electron chi connectivity index (χ2n) is 3.70. The van der Waals surface area contributed by atoms with Gasteiger partial charge in [0.1, 0.15) is 6.23 Å². The van der Waals surface area contributed by atoms with Crippen molar-refractivity contribution >= 4 is 12.1 Å². The lowest BCUT2D eigenvalue weighted by Crippen LogP contribution is -2.47. The molecule has 1 amide bonds. The van der Waals surface area contributed by atoms with Crippen molar-refractivity contribution in [2.45, 2.75) is 26.1 Å². The van der Waals surface area contributed by atoms with E-state index in [1.807, 2.05) is 13.8 Å². The topological polar surface area (TPSA) is 76.1 Å². The Morgan fingerprint density at radius 1 is 1.53 bits per heavy atom. The highest BCUT2D eigenvalue weighted by Gasteiger charge is 2.44. The molecule has 1 saturated heterocycles. The van der Waals surface area contributed by atoms with Gasteiger partial charge in [0, 0.05) is 0 Å². The first-order valence-corrected chi connectivity index (χ1v) is 4.69. The van der Waals surface area contributed by atoms with Gasteiger partial charge in [-0.1, -0.05) is 13.8 Å². The molecule has 1 heterocycles. The second kappa shape index (κ2) is 4.48. The van der Waals surface area contributed by atoms with Crippen LogP contribution >= 0.6 is 0 Å². The number of rotatable bonds is 2. The van der Waals surface area contributed by atoms with Gasteiger partial charge in [0.2, 0.25) is 0 Å². The van der Waals surface area contributed by atoms with Crippen molar-refractivity contribution in [3.8, 4) is 0 Å². The van der Waals surface area contributed by atoms with Crippen LogP contribution in [0, 0.1) is 5.92 Å². The molecule has 1 rings (SSSR count). The fourth-order valence-corrected chi connectivity index (χ4v) is 1.57. The van der Waals surface area contributed by atoms with Crippen LogP contribution in [0.15, 0.2) is 0 Å². The first-order chi connectivity index (χ1) is 6.99. The van der Waals surface area contributed by atoms with Crippen molar-refractivity contribution in [2.24, 2.45) is 5.92 Å². The van der Waals surface area contributed by atoms with Crippen LogP contribution in [0.5, 0.6) is 0 Å². The van der Waals surface area contributed by atoms with Gasteiger partial charge in [-0.25, -0.2) is 9.59 Å². The number of nitrogens with zero attached hydrogens (tertiary/aromatic N) is 1. The van der Waals surface area contributed by atoms with Gasteiger partial charge in [-0.15, -0.1) is 0 Å². The zero-order valence-corrected chi connectivity index (χ0v) is 8.97. The van der Waals surface area contributed by atoms with Gasteiger partial charge in [-0.2, -0.15) is 0 Å². The minimum Gasteiger partial charge on any atom is -0.480 e. The van der Waals surface area contributed by atoms with E-state index in [1.54, 1.807) is 0 Å². The van der Waals surface area contributed by atoms with Crippen LogP contribution in [0.3, 0.4) is 0 Å². The van der Waals surface area contributed by atoms with Gasteiger partial charge in [0.15, 0.2) is 6.04 Å². The van der Waals surface area contributed by atoms with E-state index in [4.69, 9.17) is 9.84 Å². The molecule has 1 N–H and O–H groups in total. The van der Waals surface area contributed by atoms with E-state index in [9.17, 15) is 9.59 Å². The third kappa shape index (κ3) is 2.20. The number of hydrogen-bond donors (Lipinski definition) is 1. The number of methoxy groups -OCH3 is 1. The molecule has 0 radical (unpaired) electrons. The Morgan fingerprint density at radius 2 is 2.13 bits per heavy atom. The smallest absolute Gasteiger partial charge is 0.412 e. The number of carboxylic acid groups (broad SMARTS) is 1. The van der Waals surface area contributed by atoms with E-state index in [-0.39, 0.29) is 12.5 Å². The molecule has 86 valence electrons. The fourth-order valence-electron chi connectivity index (χ4n) is 1.57. The molecule has 0 saturated carbocycles. The predicted octanol–water partition coefficient (Wildman–Crippen LogP) is 0.520. The van der Waals surface area contributed by atoms with Crippen LogP contribution in [0.1, 0.15) is 13.8 Å². The van der Waals surface area contributed by atoms with Crippen molar-refractivity contribution in [1.82, 2.24) is 4.90 Å². The summed E-state index contributed by atoms with van der Waals surface area (Å²) in [5.74, 6) is -1.06. The molecule has 2 unspecified atom stereocenters. The van der Waals surface area contributed by atoms with E-state index < -0.39 is 24.3 Å². The summed E-state index contributed by atoms with van der Waals surface area (Å²) in [4.78, 5) is 23.4. The minimum absolute atomic E-state index is 0.00722. The number of carbonyl (C=O) groups is 2. The first kappa shape index (κ1) is 11.8. The first-order valence-electron chi connectivity index (χ1n) is 4.69. The van der Waals surface area contributed by atoms with Crippen molar-refractivity contribution in [3.63, 3.8) is 0 Å². The molecule has 1 aliphatic rings. The van der Waals surface area contributed by atoms with Crippen LogP contribution in [0.25, 0.3) is 0 Å². The molecule has 0 bridgehead atoms. The molecule has 2 atom stereocenters. The lowest BCUT2D eigenvalue weighted by atomic mass is 10.1. The fraction of sp³-hybridized carbons (Fsp3) is 0.778. The zero-order chi connectivity index (χ0) is 11.6. The molecule has 6 nitrogen and oxygen atoms in total. The number of ether oxygens (including phenoxy) is 2. The van der Waals surface area contributed by atoms with Crippen molar-refractivity contribution in [1.29, 1.82) is 0 Å². The summed E-state index contributed by atoms with van der Waals surface area (Å²) < 4.78 is 9.81. The molecule has 0 aliphatic carbocycles. The summed E-state index contributed by atoms with van der Waals surface area (Å²) in [6, 6.07) is -0.954. The highest BCUT2D eigenvalue weighted by atomic mass is 16.6. The Bertz CT molecular complexity index is 265. The van der Waals surface area contributed by atoms with Gasteiger partial charge >= 0.3 is 12.1 Å². The number of hydrogen-bond acceptors (Lipinski definition) is 4. The Hall–Kier alpha value is -1.30. The lowest BCUT2D eigenvalue weighted by Gasteiger charge is -2.26. The van der Waals surface area contributed by atoms with E-state index in [0.29, 0.717) is 0 Å². The monoisotopic (exact) mass is 217 g/mol. The number of aliphatic carboxylic acids is 1. The Kier molecular flexibility index (Phi) is 3.52. The second-order valence-corrected chi connectivity index (χ2v) is 3.70. The number of carbonyl (C=O) groups excluding carboxylic acids is 1. The molecule has 6 heteroatoms. The molecule has 0 aromatic carbocycles. The maximum Gasteiger partial charge on any atom is 0.412 e. The van der Waals surface area contributed by atoms with Gasteiger partial charge in [0.25, 0.3) is 0 Å². The molecule has 1 aliphatic heterocycles.